The van der Waals surface area contributed by atoms with Gasteiger partial charge >= 0.3 is 6.03 Å². The van der Waals surface area contributed by atoms with E-state index in [2.05, 4.69) is 10.3 Å². The third-order valence-electron chi connectivity index (χ3n) is 6.17. The first-order valence-corrected chi connectivity index (χ1v) is 9.36. The number of piperidine rings is 1. The Kier molecular flexibility index (Phi) is 4.03. The lowest BCUT2D eigenvalue weighted by Gasteiger charge is -2.43. The first kappa shape index (κ1) is 15.9. The van der Waals surface area contributed by atoms with Crippen LogP contribution in [0.25, 0.3) is 0 Å². The van der Waals surface area contributed by atoms with Gasteiger partial charge in [-0.2, -0.15) is 0 Å². The molecule has 4 rings (SSSR count). The average molecular weight is 332 g/mol. The molecule has 3 aliphatic rings. The highest BCUT2D eigenvalue weighted by Crippen LogP contribution is 2.45. The molecule has 6 nitrogen and oxygen atoms in total. The Balaban J connectivity index is 1.47. The summed E-state index contributed by atoms with van der Waals surface area (Å²) in [4.78, 5) is 19.2. The van der Waals surface area contributed by atoms with Gasteiger partial charge in [-0.3, -0.25) is 0 Å². The zero-order valence-corrected chi connectivity index (χ0v) is 14.4. The Labute approximate surface area is 143 Å². The zero-order chi connectivity index (χ0) is 16.7. The number of hydrogen-bond donors (Lipinski definition) is 2. The van der Waals surface area contributed by atoms with Crippen LogP contribution in [0.3, 0.4) is 0 Å². The van der Waals surface area contributed by atoms with Crippen molar-refractivity contribution in [3.8, 4) is 0 Å². The lowest BCUT2D eigenvalue weighted by molar-refractivity contribution is -0.0521. The first-order valence-electron chi connectivity index (χ1n) is 9.36. The molecule has 2 bridgehead atoms. The molecule has 2 aliphatic heterocycles. The summed E-state index contributed by atoms with van der Waals surface area (Å²) in [6.45, 7) is 0. The Morgan fingerprint density at radius 3 is 2.46 bits per heavy atom. The lowest BCUT2D eigenvalue weighted by atomic mass is 9.85. The van der Waals surface area contributed by atoms with Gasteiger partial charge in [0.15, 0.2) is 0 Å². The molecule has 0 unspecified atom stereocenters. The van der Waals surface area contributed by atoms with E-state index in [4.69, 9.17) is 0 Å². The summed E-state index contributed by atoms with van der Waals surface area (Å²) in [6.07, 6.45) is 12.7. The first-order chi connectivity index (χ1) is 11.6. The van der Waals surface area contributed by atoms with Crippen molar-refractivity contribution in [1.29, 1.82) is 0 Å². The van der Waals surface area contributed by atoms with E-state index in [0.717, 1.165) is 31.5 Å². The van der Waals surface area contributed by atoms with Gasteiger partial charge in [-0.25, -0.2) is 9.78 Å². The molecule has 3 fully saturated rings. The van der Waals surface area contributed by atoms with E-state index in [1.807, 2.05) is 22.7 Å². The minimum atomic E-state index is -0.911. The number of carbonyl (C=O) groups excluding carboxylic acids is 1. The van der Waals surface area contributed by atoms with Crippen LogP contribution < -0.4 is 5.32 Å². The number of imidazole rings is 1. The Bertz CT molecular complexity index is 594. The maximum absolute atomic E-state index is 12.8. The summed E-state index contributed by atoms with van der Waals surface area (Å²) in [5.74, 6) is 0.728. The number of carbonyl (C=O) groups is 1. The number of aliphatic hydroxyl groups is 1. The van der Waals surface area contributed by atoms with Crippen molar-refractivity contribution in [3.63, 3.8) is 0 Å². The Hall–Kier alpha value is -1.56. The molecule has 132 valence electrons. The van der Waals surface area contributed by atoms with Gasteiger partial charge in [-0.15, -0.1) is 0 Å². The molecule has 2 saturated heterocycles. The summed E-state index contributed by atoms with van der Waals surface area (Å²) in [7, 11) is 1.92. The highest BCUT2D eigenvalue weighted by atomic mass is 16.3. The quantitative estimate of drug-likeness (QED) is 0.873. The van der Waals surface area contributed by atoms with Crippen molar-refractivity contribution < 1.29 is 9.90 Å². The SMILES string of the molecule is Cn1ccnc1C1(O)C[C@H]2CC[C@H](C1)N2C(=O)NC1CCCCC1. The van der Waals surface area contributed by atoms with E-state index >= 15 is 0 Å². The van der Waals surface area contributed by atoms with Crippen LogP contribution in [0.5, 0.6) is 0 Å². The molecule has 1 saturated carbocycles. The number of fused-ring (bicyclic) bond motifs is 2. The van der Waals surface area contributed by atoms with Gasteiger partial charge in [-0.1, -0.05) is 19.3 Å². The van der Waals surface area contributed by atoms with Gasteiger partial charge in [-0.05, 0) is 25.7 Å². The molecule has 0 radical (unpaired) electrons. The van der Waals surface area contributed by atoms with Crippen LogP contribution >= 0.6 is 0 Å². The van der Waals surface area contributed by atoms with Crippen LogP contribution in [0.4, 0.5) is 4.79 Å². The number of nitrogens with zero attached hydrogens (tertiary/aromatic N) is 3. The fourth-order valence-corrected chi connectivity index (χ4v) is 5.05. The molecule has 0 spiro atoms. The summed E-state index contributed by atoms with van der Waals surface area (Å²) >= 11 is 0. The van der Waals surface area contributed by atoms with Crippen LogP contribution in [0.2, 0.25) is 0 Å². The van der Waals surface area contributed by atoms with E-state index in [1.165, 1.54) is 19.3 Å². The molecule has 24 heavy (non-hydrogen) atoms. The third kappa shape index (κ3) is 2.70. The van der Waals surface area contributed by atoms with Crippen molar-refractivity contribution >= 4 is 6.03 Å². The minimum absolute atomic E-state index is 0.0799. The average Bonchev–Trinajstić information content (AvgIpc) is 3.11. The molecule has 1 aromatic heterocycles. The largest absolute Gasteiger partial charge is 0.382 e. The number of aryl methyl sites for hydroxylation is 1. The van der Waals surface area contributed by atoms with Crippen LogP contribution in [-0.2, 0) is 12.6 Å². The van der Waals surface area contributed by atoms with Crippen LogP contribution in [0.1, 0.15) is 63.6 Å². The number of rotatable bonds is 2. The molecule has 1 aliphatic carbocycles. The van der Waals surface area contributed by atoms with Gasteiger partial charge < -0.3 is 19.9 Å². The predicted molar refractivity (Wildman–Crippen MR) is 90.4 cm³/mol. The Morgan fingerprint density at radius 1 is 1.21 bits per heavy atom. The summed E-state index contributed by atoms with van der Waals surface area (Å²) < 4.78 is 1.90. The number of hydrogen-bond acceptors (Lipinski definition) is 3. The molecule has 2 N–H and O–H groups in total. The maximum Gasteiger partial charge on any atom is 0.318 e. The Morgan fingerprint density at radius 2 is 1.88 bits per heavy atom. The number of urea groups is 1. The summed E-state index contributed by atoms with van der Waals surface area (Å²) in [6, 6.07) is 0.653. The predicted octanol–water partition coefficient (Wildman–Crippen LogP) is 2.28. The van der Waals surface area contributed by atoms with Crippen LogP contribution in [-0.4, -0.2) is 43.7 Å². The normalized spacial score (nSPS) is 33.7. The second-order valence-corrected chi connectivity index (χ2v) is 7.88. The van der Waals surface area contributed by atoms with Gasteiger partial charge in [0.2, 0.25) is 0 Å². The number of amides is 2. The van der Waals surface area contributed by atoms with Gasteiger partial charge in [0.1, 0.15) is 11.4 Å². The molecule has 2 amide bonds. The van der Waals surface area contributed by atoms with E-state index in [0.29, 0.717) is 18.9 Å². The molecule has 3 heterocycles. The van der Waals surface area contributed by atoms with Crippen molar-refractivity contribution in [2.75, 3.05) is 0 Å². The van der Waals surface area contributed by atoms with Crippen molar-refractivity contribution in [1.82, 2.24) is 19.8 Å². The summed E-state index contributed by atoms with van der Waals surface area (Å²) in [5, 5.41) is 14.4. The van der Waals surface area contributed by atoms with Crippen LogP contribution in [0, 0.1) is 0 Å². The smallest absolute Gasteiger partial charge is 0.318 e. The molecule has 1 aromatic rings. The van der Waals surface area contributed by atoms with Gasteiger partial charge in [0, 0.05) is 50.4 Å². The van der Waals surface area contributed by atoms with E-state index < -0.39 is 5.60 Å². The highest BCUT2D eigenvalue weighted by Gasteiger charge is 2.51. The zero-order valence-electron chi connectivity index (χ0n) is 14.4. The van der Waals surface area contributed by atoms with Crippen molar-refractivity contribution in [3.05, 3.63) is 18.2 Å². The molecular weight excluding hydrogens is 304 g/mol. The lowest BCUT2D eigenvalue weighted by Crippen LogP contribution is -2.56. The molecule has 0 aromatic carbocycles. The van der Waals surface area contributed by atoms with E-state index in [-0.39, 0.29) is 18.1 Å². The fraction of sp³-hybridized carbons (Fsp3) is 0.778. The minimum Gasteiger partial charge on any atom is -0.382 e. The molecule has 2 atom stereocenters. The van der Waals surface area contributed by atoms with Gasteiger partial charge in [0.05, 0.1) is 0 Å². The summed E-state index contributed by atoms with van der Waals surface area (Å²) in [5.41, 5.74) is -0.911. The van der Waals surface area contributed by atoms with E-state index in [1.54, 1.807) is 6.20 Å². The van der Waals surface area contributed by atoms with Gasteiger partial charge in [0.25, 0.3) is 0 Å². The monoisotopic (exact) mass is 332 g/mol. The molecule has 6 heteroatoms. The second kappa shape index (κ2) is 6.06. The second-order valence-electron chi connectivity index (χ2n) is 7.88. The maximum atomic E-state index is 12.8. The van der Waals surface area contributed by atoms with Crippen molar-refractivity contribution in [2.24, 2.45) is 7.05 Å². The molecular formula is C18H28N4O2. The highest BCUT2D eigenvalue weighted by molar-refractivity contribution is 5.76. The number of nitrogens with one attached hydrogen (secondary N) is 1. The van der Waals surface area contributed by atoms with Crippen LogP contribution in [0.15, 0.2) is 12.4 Å². The third-order valence-corrected chi connectivity index (χ3v) is 6.17. The number of aromatic nitrogens is 2. The standard InChI is InChI=1S/C18H28N4O2/c1-21-10-9-19-16(21)18(24)11-14-7-8-15(12-18)22(14)17(23)20-13-5-3-2-4-6-13/h9-10,13-15,24H,2-8,11-12H2,1H3,(H,20,23)/t14-,15-/m1/s1. The van der Waals surface area contributed by atoms with Crippen molar-refractivity contribution in [2.45, 2.75) is 81.5 Å². The van der Waals surface area contributed by atoms with E-state index in [9.17, 15) is 9.90 Å². The topological polar surface area (TPSA) is 70.4 Å². The fourth-order valence-electron chi connectivity index (χ4n) is 5.05.